The van der Waals surface area contributed by atoms with Gasteiger partial charge < -0.3 is 9.47 Å². The molecular weight excluding hydrogens is 268 g/mol. The quantitative estimate of drug-likeness (QED) is 0.635. The monoisotopic (exact) mass is 278 g/mol. The number of rotatable bonds is 4. The fourth-order valence-electron chi connectivity index (χ4n) is 1.76. The maximum Gasteiger partial charge on any atom is 0.155 e. The summed E-state index contributed by atoms with van der Waals surface area (Å²) in [6, 6.07) is 5.29. The van der Waals surface area contributed by atoms with E-state index in [9.17, 15) is 4.79 Å². The number of hydrogen-bond donors (Lipinski definition) is 0. The molecule has 1 heterocycles. The van der Waals surface area contributed by atoms with Crippen LogP contribution in [0, 0.1) is 0 Å². The molecule has 0 aliphatic heterocycles. The topological polar surface area (TPSA) is 61.3 Å². The molecule has 5 nitrogen and oxygen atoms in total. The van der Waals surface area contributed by atoms with E-state index in [0.717, 1.165) is 0 Å². The van der Waals surface area contributed by atoms with E-state index in [1.165, 1.54) is 20.5 Å². The van der Waals surface area contributed by atoms with Crippen LogP contribution in [-0.4, -0.2) is 30.5 Å². The van der Waals surface area contributed by atoms with Gasteiger partial charge in [0.15, 0.2) is 6.29 Å². The molecule has 0 amide bonds. The molecule has 0 aliphatic rings. The minimum Gasteiger partial charge on any atom is -0.496 e. The Kier molecular flexibility index (Phi) is 3.97. The number of carbonyl (C=O) groups excluding carboxylic acids is 1. The normalized spacial score (nSPS) is 10.1. The van der Waals surface area contributed by atoms with Gasteiger partial charge in [-0.15, -0.1) is 0 Å². The summed E-state index contributed by atoms with van der Waals surface area (Å²) in [6.45, 7) is 0. The molecule has 0 fully saturated rings. The van der Waals surface area contributed by atoms with Gasteiger partial charge in [0.05, 0.1) is 31.0 Å². The Morgan fingerprint density at radius 1 is 1.16 bits per heavy atom. The van der Waals surface area contributed by atoms with E-state index >= 15 is 0 Å². The third kappa shape index (κ3) is 2.37. The summed E-state index contributed by atoms with van der Waals surface area (Å²) >= 11 is 5.91. The molecular formula is C13H11ClN2O3. The van der Waals surface area contributed by atoms with Gasteiger partial charge in [0.1, 0.15) is 23.0 Å². The Labute approximate surface area is 115 Å². The first-order chi connectivity index (χ1) is 9.22. The van der Waals surface area contributed by atoms with Crippen LogP contribution in [0.4, 0.5) is 0 Å². The highest BCUT2D eigenvalue weighted by molar-refractivity contribution is 6.32. The summed E-state index contributed by atoms with van der Waals surface area (Å²) in [5.74, 6) is 1.08. The number of methoxy groups -OCH3 is 2. The summed E-state index contributed by atoms with van der Waals surface area (Å²) in [5.41, 5.74) is 1.15. The molecule has 0 unspecified atom stereocenters. The number of halogens is 1. The number of aromatic nitrogens is 2. The van der Waals surface area contributed by atoms with Crippen molar-refractivity contribution in [3.63, 3.8) is 0 Å². The lowest BCUT2D eigenvalue weighted by molar-refractivity contribution is 0.112. The van der Waals surface area contributed by atoms with E-state index in [0.29, 0.717) is 29.0 Å². The summed E-state index contributed by atoms with van der Waals surface area (Å²) in [6.07, 6.45) is 1.90. The van der Waals surface area contributed by atoms with Crippen LogP contribution < -0.4 is 9.47 Å². The summed E-state index contributed by atoms with van der Waals surface area (Å²) < 4.78 is 10.6. The second kappa shape index (κ2) is 5.67. The van der Waals surface area contributed by atoms with Crippen molar-refractivity contribution in [1.82, 2.24) is 9.97 Å². The molecule has 0 bridgehead atoms. The molecule has 0 atom stereocenters. The summed E-state index contributed by atoms with van der Waals surface area (Å²) in [7, 11) is 3.06. The maximum absolute atomic E-state index is 11.2. The highest BCUT2D eigenvalue weighted by Gasteiger charge is 2.19. The molecule has 6 heteroatoms. The van der Waals surface area contributed by atoms with Crippen LogP contribution in [0.5, 0.6) is 11.5 Å². The van der Waals surface area contributed by atoms with E-state index in [-0.39, 0.29) is 10.7 Å². The van der Waals surface area contributed by atoms with Gasteiger partial charge in [-0.3, -0.25) is 4.79 Å². The van der Waals surface area contributed by atoms with Crippen molar-refractivity contribution in [3.8, 4) is 22.8 Å². The van der Waals surface area contributed by atoms with Gasteiger partial charge in [0.25, 0.3) is 0 Å². The first kappa shape index (κ1) is 13.3. The molecule has 0 saturated carbocycles. The SMILES string of the molecule is COc1cccc(OC)c1-c1ncnc(Cl)c1C=O. The predicted octanol–water partition coefficient (Wildman–Crippen LogP) is 2.63. The third-order valence-electron chi connectivity index (χ3n) is 2.62. The van der Waals surface area contributed by atoms with Crippen LogP contribution in [0.3, 0.4) is 0 Å². The average Bonchev–Trinajstić information content (AvgIpc) is 2.46. The number of nitrogens with zero attached hydrogens (tertiary/aromatic N) is 2. The zero-order valence-corrected chi connectivity index (χ0v) is 11.1. The van der Waals surface area contributed by atoms with Crippen LogP contribution in [0.15, 0.2) is 24.5 Å². The van der Waals surface area contributed by atoms with Crippen LogP contribution in [0.1, 0.15) is 10.4 Å². The lowest BCUT2D eigenvalue weighted by Gasteiger charge is -2.13. The second-order valence-electron chi connectivity index (χ2n) is 3.58. The van der Waals surface area contributed by atoms with Crippen molar-refractivity contribution in [2.45, 2.75) is 0 Å². The minimum absolute atomic E-state index is 0.0907. The van der Waals surface area contributed by atoms with Gasteiger partial charge in [0, 0.05) is 0 Å². The molecule has 19 heavy (non-hydrogen) atoms. The first-order valence-electron chi connectivity index (χ1n) is 5.40. The zero-order valence-electron chi connectivity index (χ0n) is 10.4. The lowest BCUT2D eigenvalue weighted by atomic mass is 10.1. The molecule has 2 aromatic rings. The van der Waals surface area contributed by atoms with Crippen molar-refractivity contribution in [3.05, 3.63) is 35.2 Å². The van der Waals surface area contributed by atoms with Crippen molar-refractivity contribution in [1.29, 1.82) is 0 Å². The average molecular weight is 279 g/mol. The van der Waals surface area contributed by atoms with E-state index < -0.39 is 0 Å². The van der Waals surface area contributed by atoms with Crippen LogP contribution in [0.25, 0.3) is 11.3 Å². The number of benzene rings is 1. The van der Waals surface area contributed by atoms with E-state index in [4.69, 9.17) is 21.1 Å². The van der Waals surface area contributed by atoms with E-state index in [1.807, 2.05) is 0 Å². The Bertz CT molecular complexity index is 595. The molecule has 1 aromatic carbocycles. The Balaban J connectivity index is 2.78. The number of ether oxygens (including phenoxy) is 2. The highest BCUT2D eigenvalue weighted by Crippen LogP contribution is 2.39. The van der Waals surface area contributed by atoms with Crippen LogP contribution in [0.2, 0.25) is 5.15 Å². The molecule has 0 saturated heterocycles. The van der Waals surface area contributed by atoms with Crippen molar-refractivity contribution < 1.29 is 14.3 Å². The highest BCUT2D eigenvalue weighted by atomic mass is 35.5. The predicted molar refractivity (Wildman–Crippen MR) is 71.0 cm³/mol. The molecule has 0 aliphatic carbocycles. The molecule has 0 N–H and O–H groups in total. The van der Waals surface area contributed by atoms with Crippen molar-refractivity contribution >= 4 is 17.9 Å². The smallest absolute Gasteiger partial charge is 0.155 e. The number of aldehydes is 1. The largest absolute Gasteiger partial charge is 0.496 e. The van der Waals surface area contributed by atoms with Gasteiger partial charge in [-0.05, 0) is 12.1 Å². The maximum atomic E-state index is 11.2. The van der Waals surface area contributed by atoms with Crippen LogP contribution >= 0.6 is 11.6 Å². The summed E-state index contributed by atoms with van der Waals surface area (Å²) in [4.78, 5) is 19.1. The Hall–Kier alpha value is -2.14. The van der Waals surface area contributed by atoms with E-state index in [1.54, 1.807) is 18.2 Å². The standard InChI is InChI=1S/C13H11ClN2O3/c1-18-9-4-3-5-10(19-2)11(9)12-8(6-17)13(14)16-7-15-12/h3-7H,1-2H3. The zero-order chi connectivity index (χ0) is 13.8. The molecule has 1 aromatic heterocycles. The molecule has 0 radical (unpaired) electrons. The Morgan fingerprint density at radius 3 is 2.32 bits per heavy atom. The van der Waals surface area contributed by atoms with Crippen molar-refractivity contribution in [2.24, 2.45) is 0 Å². The number of hydrogen-bond acceptors (Lipinski definition) is 5. The lowest BCUT2D eigenvalue weighted by Crippen LogP contribution is -1.99. The van der Waals surface area contributed by atoms with Gasteiger partial charge >= 0.3 is 0 Å². The van der Waals surface area contributed by atoms with Gasteiger partial charge in [0.2, 0.25) is 0 Å². The molecule has 0 spiro atoms. The van der Waals surface area contributed by atoms with Gasteiger partial charge in [-0.2, -0.15) is 0 Å². The number of carbonyl (C=O) groups is 1. The second-order valence-corrected chi connectivity index (χ2v) is 3.94. The van der Waals surface area contributed by atoms with E-state index in [2.05, 4.69) is 9.97 Å². The van der Waals surface area contributed by atoms with Crippen LogP contribution in [-0.2, 0) is 0 Å². The van der Waals surface area contributed by atoms with Gasteiger partial charge in [-0.1, -0.05) is 17.7 Å². The molecule has 98 valence electrons. The Morgan fingerprint density at radius 2 is 1.79 bits per heavy atom. The first-order valence-corrected chi connectivity index (χ1v) is 5.77. The minimum atomic E-state index is 0.0907. The summed E-state index contributed by atoms with van der Waals surface area (Å²) in [5, 5.41) is 0.0907. The molecule has 2 rings (SSSR count). The van der Waals surface area contributed by atoms with Crippen molar-refractivity contribution in [2.75, 3.05) is 14.2 Å². The fraction of sp³-hybridized carbons (Fsp3) is 0.154. The van der Waals surface area contributed by atoms with Gasteiger partial charge in [-0.25, -0.2) is 9.97 Å². The fourth-order valence-corrected chi connectivity index (χ4v) is 1.94. The third-order valence-corrected chi connectivity index (χ3v) is 2.92.